The predicted molar refractivity (Wildman–Crippen MR) is 96.7 cm³/mol. The molecule has 0 bridgehead atoms. The standard InChI is InChI=1S/C17H18N2O3S2/c1-19(2)11-13-5-6-16(15(10-13)17-4-3-8-22-17)18-24(20,21)14-7-9-23-12-14/h3-10,12,18H,11H2,1-2H3. The van der Waals surface area contributed by atoms with Crippen LogP contribution in [0.3, 0.4) is 0 Å². The molecular formula is C17H18N2O3S2. The summed E-state index contributed by atoms with van der Waals surface area (Å²) < 4.78 is 33.2. The summed E-state index contributed by atoms with van der Waals surface area (Å²) in [4.78, 5) is 2.31. The van der Waals surface area contributed by atoms with Crippen LogP contribution in [0.1, 0.15) is 5.56 Å². The molecule has 24 heavy (non-hydrogen) atoms. The molecule has 0 amide bonds. The van der Waals surface area contributed by atoms with Gasteiger partial charge in [-0.2, -0.15) is 11.3 Å². The van der Waals surface area contributed by atoms with Crippen molar-refractivity contribution >= 4 is 27.0 Å². The Labute approximate surface area is 145 Å². The van der Waals surface area contributed by atoms with E-state index < -0.39 is 10.0 Å². The van der Waals surface area contributed by atoms with Crippen LogP contribution in [0.25, 0.3) is 11.3 Å². The maximum absolute atomic E-state index is 12.5. The molecule has 0 spiro atoms. The van der Waals surface area contributed by atoms with E-state index in [1.165, 1.54) is 11.3 Å². The van der Waals surface area contributed by atoms with Gasteiger partial charge in [-0.3, -0.25) is 4.72 Å². The summed E-state index contributed by atoms with van der Waals surface area (Å²) in [5.74, 6) is 0.624. The van der Waals surface area contributed by atoms with E-state index >= 15 is 0 Å². The zero-order valence-corrected chi connectivity index (χ0v) is 15.0. The van der Waals surface area contributed by atoms with Crippen LogP contribution in [-0.4, -0.2) is 27.4 Å². The number of nitrogens with one attached hydrogen (secondary N) is 1. The van der Waals surface area contributed by atoms with Crippen molar-refractivity contribution in [2.75, 3.05) is 18.8 Å². The van der Waals surface area contributed by atoms with Crippen molar-refractivity contribution in [1.82, 2.24) is 4.90 Å². The van der Waals surface area contributed by atoms with Crippen molar-refractivity contribution in [1.29, 1.82) is 0 Å². The van der Waals surface area contributed by atoms with Crippen LogP contribution in [-0.2, 0) is 16.6 Å². The fourth-order valence-corrected chi connectivity index (χ4v) is 4.50. The second-order valence-corrected chi connectivity index (χ2v) is 8.12. The number of rotatable bonds is 6. The third kappa shape index (κ3) is 3.69. The minimum absolute atomic E-state index is 0.260. The van der Waals surface area contributed by atoms with Crippen molar-refractivity contribution in [3.8, 4) is 11.3 Å². The van der Waals surface area contributed by atoms with E-state index in [2.05, 4.69) is 9.62 Å². The van der Waals surface area contributed by atoms with Crippen molar-refractivity contribution < 1.29 is 12.8 Å². The lowest BCUT2D eigenvalue weighted by molar-refractivity contribution is 0.402. The van der Waals surface area contributed by atoms with Gasteiger partial charge in [0, 0.05) is 17.5 Å². The Morgan fingerprint density at radius 3 is 2.67 bits per heavy atom. The summed E-state index contributed by atoms with van der Waals surface area (Å²) >= 11 is 1.35. The Hall–Kier alpha value is -2.09. The highest BCUT2D eigenvalue weighted by molar-refractivity contribution is 7.92. The van der Waals surface area contributed by atoms with Gasteiger partial charge in [-0.1, -0.05) is 6.07 Å². The maximum atomic E-state index is 12.5. The van der Waals surface area contributed by atoms with Crippen LogP contribution in [0.15, 0.2) is 62.7 Å². The number of hydrogen-bond donors (Lipinski definition) is 1. The fraction of sp³-hybridized carbons (Fsp3) is 0.176. The Morgan fingerprint density at radius 1 is 1.21 bits per heavy atom. The number of hydrogen-bond acceptors (Lipinski definition) is 5. The van der Waals surface area contributed by atoms with Crippen LogP contribution >= 0.6 is 11.3 Å². The molecule has 5 nitrogen and oxygen atoms in total. The molecule has 0 saturated heterocycles. The zero-order valence-electron chi connectivity index (χ0n) is 13.4. The number of sulfonamides is 1. The normalized spacial score (nSPS) is 11.8. The van der Waals surface area contributed by atoms with Crippen molar-refractivity contribution in [2.24, 2.45) is 0 Å². The third-order valence-corrected chi connectivity index (χ3v) is 5.61. The first-order chi connectivity index (χ1) is 11.5. The summed E-state index contributed by atoms with van der Waals surface area (Å²) in [6.07, 6.45) is 1.57. The quantitative estimate of drug-likeness (QED) is 0.723. The minimum Gasteiger partial charge on any atom is -0.464 e. The molecule has 0 radical (unpaired) electrons. The first kappa shape index (κ1) is 16.8. The first-order valence-corrected chi connectivity index (χ1v) is 9.75. The Bertz CT molecular complexity index is 899. The van der Waals surface area contributed by atoms with Gasteiger partial charge in [0.15, 0.2) is 0 Å². The van der Waals surface area contributed by atoms with Crippen LogP contribution in [0.4, 0.5) is 5.69 Å². The number of furan rings is 1. The Balaban J connectivity index is 2.01. The molecule has 1 aromatic carbocycles. The van der Waals surface area contributed by atoms with E-state index in [1.807, 2.05) is 32.3 Å². The lowest BCUT2D eigenvalue weighted by Crippen LogP contribution is -2.14. The molecule has 0 fully saturated rings. The molecule has 0 aliphatic rings. The van der Waals surface area contributed by atoms with E-state index in [4.69, 9.17) is 4.42 Å². The lowest BCUT2D eigenvalue weighted by Gasteiger charge is -2.14. The summed E-state index contributed by atoms with van der Waals surface area (Å²) in [5.41, 5.74) is 2.29. The van der Waals surface area contributed by atoms with Crippen LogP contribution < -0.4 is 4.72 Å². The summed E-state index contributed by atoms with van der Waals surface area (Å²) in [6, 6.07) is 10.8. The van der Waals surface area contributed by atoms with Gasteiger partial charge in [-0.05, 0) is 55.4 Å². The number of anilines is 1. The first-order valence-electron chi connectivity index (χ1n) is 7.32. The highest BCUT2D eigenvalue weighted by atomic mass is 32.2. The molecule has 0 atom stereocenters. The van der Waals surface area contributed by atoms with Gasteiger partial charge in [0.05, 0.1) is 16.8 Å². The molecular weight excluding hydrogens is 344 g/mol. The van der Waals surface area contributed by atoms with E-state index in [-0.39, 0.29) is 4.90 Å². The SMILES string of the molecule is CN(C)Cc1ccc(NS(=O)(=O)c2ccsc2)c(-c2ccco2)c1. The molecule has 0 aliphatic carbocycles. The van der Waals surface area contributed by atoms with Crippen molar-refractivity contribution in [2.45, 2.75) is 11.4 Å². The molecule has 0 aliphatic heterocycles. The van der Waals surface area contributed by atoms with Crippen LogP contribution in [0.5, 0.6) is 0 Å². The average Bonchev–Trinajstić information content (AvgIpc) is 3.21. The zero-order chi connectivity index (χ0) is 17.2. The molecule has 1 N–H and O–H groups in total. The monoisotopic (exact) mass is 362 g/mol. The maximum Gasteiger partial charge on any atom is 0.262 e. The largest absolute Gasteiger partial charge is 0.464 e. The van der Waals surface area contributed by atoms with Gasteiger partial charge in [0.1, 0.15) is 5.76 Å². The van der Waals surface area contributed by atoms with Crippen LogP contribution in [0.2, 0.25) is 0 Å². The highest BCUT2D eigenvalue weighted by Crippen LogP contribution is 2.31. The molecule has 2 heterocycles. The van der Waals surface area contributed by atoms with E-state index in [9.17, 15) is 8.42 Å². The number of nitrogens with zero attached hydrogens (tertiary/aromatic N) is 1. The molecule has 3 aromatic rings. The number of benzene rings is 1. The molecule has 2 aromatic heterocycles. The lowest BCUT2D eigenvalue weighted by atomic mass is 10.1. The summed E-state index contributed by atoms with van der Waals surface area (Å²) in [6.45, 7) is 0.755. The fourth-order valence-electron chi connectivity index (χ4n) is 2.39. The molecule has 0 unspecified atom stereocenters. The molecule has 0 saturated carbocycles. The second-order valence-electron chi connectivity index (χ2n) is 5.66. The van der Waals surface area contributed by atoms with Crippen molar-refractivity contribution in [3.05, 3.63) is 59.0 Å². The molecule has 126 valence electrons. The topological polar surface area (TPSA) is 62.6 Å². The van der Waals surface area contributed by atoms with Gasteiger partial charge in [0.25, 0.3) is 10.0 Å². The molecule has 3 rings (SSSR count). The van der Waals surface area contributed by atoms with Gasteiger partial charge in [-0.15, -0.1) is 0 Å². The van der Waals surface area contributed by atoms with Gasteiger partial charge in [0.2, 0.25) is 0 Å². The van der Waals surface area contributed by atoms with Crippen LogP contribution in [0, 0.1) is 0 Å². The second kappa shape index (κ2) is 6.80. The van der Waals surface area contributed by atoms with Gasteiger partial charge in [-0.25, -0.2) is 8.42 Å². The minimum atomic E-state index is -3.61. The Morgan fingerprint density at radius 2 is 2.04 bits per heavy atom. The smallest absolute Gasteiger partial charge is 0.262 e. The summed E-state index contributed by atoms with van der Waals surface area (Å²) in [5, 5.41) is 3.34. The average molecular weight is 362 g/mol. The van der Waals surface area contributed by atoms with Crippen molar-refractivity contribution in [3.63, 3.8) is 0 Å². The summed E-state index contributed by atoms with van der Waals surface area (Å²) in [7, 11) is 0.361. The highest BCUT2D eigenvalue weighted by Gasteiger charge is 2.18. The van der Waals surface area contributed by atoms with Gasteiger partial charge >= 0.3 is 0 Å². The third-order valence-electron chi connectivity index (χ3n) is 3.42. The van der Waals surface area contributed by atoms with E-state index in [1.54, 1.807) is 35.2 Å². The van der Waals surface area contributed by atoms with E-state index in [0.29, 0.717) is 11.4 Å². The molecule has 7 heteroatoms. The Kier molecular flexibility index (Phi) is 4.75. The van der Waals surface area contributed by atoms with Gasteiger partial charge < -0.3 is 9.32 Å². The predicted octanol–water partition coefficient (Wildman–Crippen LogP) is 3.87. The number of thiophene rings is 1. The van der Waals surface area contributed by atoms with E-state index in [0.717, 1.165) is 17.7 Å².